The Kier molecular flexibility index (Phi) is 5.39. The third-order valence-electron chi connectivity index (χ3n) is 2.52. The number of nitrogens with one attached hydrogen (secondary N) is 1. The van der Waals surface area contributed by atoms with Gasteiger partial charge < -0.3 is 10.1 Å². The van der Waals surface area contributed by atoms with Gasteiger partial charge in [0.25, 0.3) is 0 Å². The molecule has 1 aliphatic heterocycles. The fraction of sp³-hybridized carbons (Fsp3) is 1.00. The minimum atomic E-state index is -4.19. The van der Waals surface area contributed by atoms with Gasteiger partial charge in [0.1, 0.15) is 6.61 Å². The maximum Gasteiger partial charge on any atom is 0.411 e. The Morgan fingerprint density at radius 3 is 2.67 bits per heavy atom. The van der Waals surface area contributed by atoms with Crippen LogP contribution in [0.25, 0.3) is 0 Å². The van der Waals surface area contributed by atoms with Gasteiger partial charge >= 0.3 is 6.18 Å². The molecule has 1 rings (SSSR count). The Labute approximate surface area is 88.2 Å². The molecule has 0 aliphatic carbocycles. The van der Waals surface area contributed by atoms with Crippen molar-refractivity contribution in [2.75, 3.05) is 19.8 Å². The minimum Gasteiger partial charge on any atom is -0.372 e. The Hall–Kier alpha value is -0.290. The van der Waals surface area contributed by atoms with Gasteiger partial charge in [-0.05, 0) is 32.2 Å². The van der Waals surface area contributed by atoms with Crippen LogP contribution in [0.2, 0.25) is 0 Å². The van der Waals surface area contributed by atoms with Crippen LogP contribution in [0.15, 0.2) is 0 Å². The number of halogens is 3. The van der Waals surface area contributed by atoms with Crippen molar-refractivity contribution in [1.82, 2.24) is 5.32 Å². The first-order chi connectivity index (χ1) is 7.08. The molecule has 0 saturated carbocycles. The molecule has 0 amide bonds. The molecule has 15 heavy (non-hydrogen) atoms. The van der Waals surface area contributed by atoms with Crippen LogP contribution in [-0.2, 0) is 4.74 Å². The minimum absolute atomic E-state index is 0.206. The third-order valence-corrected chi connectivity index (χ3v) is 2.52. The predicted octanol–water partition coefficient (Wildman–Crippen LogP) is 2.49. The molecule has 1 saturated heterocycles. The summed E-state index contributed by atoms with van der Waals surface area (Å²) in [6.45, 7) is 0.122. The lowest BCUT2D eigenvalue weighted by Gasteiger charge is -2.23. The second-order valence-electron chi connectivity index (χ2n) is 3.96. The Morgan fingerprint density at radius 2 is 2.07 bits per heavy atom. The van der Waals surface area contributed by atoms with Crippen molar-refractivity contribution in [2.45, 2.75) is 44.3 Å². The highest BCUT2D eigenvalue weighted by atomic mass is 19.4. The molecule has 0 aromatic carbocycles. The normalized spacial score (nSPS) is 23.0. The van der Waals surface area contributed by atoms with E-state index in [1.807, 2.05) is 0 Å². The van der Waals surface area contributed by atoms with Gasteiger partial charge in [0.15, 0.2) is 0 Å². The zero-order valence-electron chi connectivity index (χ0n) is 8.78. The smallest absolute Gasteiger partial charge is 0.372 e. The standard InChI is InChI=1S/C10H18F3NO/c11-10(12,13)8-15-7-3-5-9-4-1-2-6-14-9/h9,14H,1-8H2. The van der Waals surface area contributed by atoms with Crippen molar-refractivity contribution in [3.05, 3.63) is 0 Å². The van der Waals surface area contributed by atoms with Crippen molar-refractivity contribution in [1.29, 1.82) is 0 Å². The summed E-state index contributed by atoms with van der Waals surface area (Å²) < 4.78 is 39.6. The van der Waals surface area contributed by atoms with E-state index in [4.69, 9.17) is 0 Å². The summed E-state index contributed by atoms with van der Waals surface area (Å²) in [5.41, 5.74) is 0. The van der Waals surface area contributed by atoms with E-state index in [0.717, 1.165) is 19.4 Å². The summed E-state index contributed by atoms with van der Waals surface area (Å²) in [6, 6.07) is 0.480. The molecule has 0 radical (unpaired) electrons. The fourth-order valence-corrected chi connectivity index (χ4v) is 1.79. The van der Waals surface area contributed by atoms with Crippen LogP contribution in [0.5, 0.6) is 0 Å². The van der Waals surface area contributed by atoms with E-state index in [-0.39, 0.29) is 6.61 Å². The number of rotatable bonds is 5. The average molecular weight is 225 g/mol. The molecule has 2 nitrogen and oxygen atoms in total. The first kappa shape index (κ1) is 12.8. The molecule has 0 aromatic rings. The topological polar surface area (TPSA) is 21.3 Å². The van der Waals surface area contributed by atoms with Gasteiger partial charge in [0, 0.05) is 12.6 Å². The van der Waals surface area contributed by atoms with Gasteiger partial charge in [-0.25, -0.2) is 0 Å². The molecule has 1 fully saturated rings. The average Bonchev–Trinajstić information content (AvgIpc) is 2.17. The third kappa shape index (κ3) is 6.73. The summed E-state index contributed by atoms with van der Waals surface area (Å²) in [4.78, 5) is 0. The summed E-state index contributed by atoms with van der Waals surface area (Å²) in [5, 5.41) is 3.35. The molecule has 1 unspecified atom stereocenters. The lowest BCUT2D eigenvalue weighted by atomic mass is 10.0. The second-order valence-corrected chi connectivity index (χ2v) is 3.96. The van der Waals surface area contributed by atoms with Gasteiger partial charge in [0.2, 0.25) is 0 Å². The number of piperidine rings is 1. The van der Waals surface area contributed by atoms with Crippen molar-refractivity contribution >= 4 is 0 Å². The van der Waals surface area contributed by atoms with Gasteiger partial charge in [-0.1, -0.05) is 6.42 Å². The number of hydrogen-bond donors (Lipinski definition) is 1. The Balaban J connectivity index is 1.92. The van der Waals surface area contributed by atoms with E-state index in [9.17, 15) is 13.2 Å². The van der Waals surface area contributed by atoms with E-state index in [1.165, 1.54) is 12.8 Å². The first-order valence-electron chi connectivity index (χ1n) is 5.46. The maximum absolute atomic E-state index is 11.7. The zero-order chi connectivity index (χ0) is 11.1. The number of alkyl halides is 3. The zero-order valence-corrected chi connectivity index (χ0v) is 8.78. The molecule has 1 aliphatic rings. The molecule has 0 bridgehead atoms. The molecular formula is C10H18F3NO. The number of hydrogen-bond acceptors (Lipinski definition) is 2. The molecule has 1 atom stereocenters. The molecule has 0 aromatic heterocycles. The Bertz CT molecular complexity index is 167. The van der Waals surface area contributed by atoms with Gasteiger partial charge in [0.05, 0.1) is 0 Å². The maximum atomic E-state index is 11.7. The second kappa shape index (κ2) is 6.33. The van der Waals surface area contributed by atoms with Crippen molar-refractivity contribution in [3.8, 4) is 0 Å². The van der Waals surface area contributed by atoms with Crippen LogP contribution in [0, 0.1) is 0 Å². The molecule has 90 valence electrons. The SMILES string of the molecule is FC(F)(F)COCCCC1CCCCN1. The van der Waals surface area contributed by atoms with Crippen molar-refractivity contribution in [3.63, 3.8) is 0 Å². The quantitative estimate of drug-likeness (QED) is 0.726. The van der Waals surface area contributed by atoms with E-state index in [2.05, 4.69) is 10.1 Å². The van der Waals surface area contributed by atoms with Crippen LogP contribution in [0.4, 0.5) is 13.2 Å². The lowest BCUT2D eigenvalue weighted by molar-refractivity contribution is -0.174. The molecular weight excluding hydrogens is 207 g/mol. The molecule has 0 spiro atoms. The summed E-state index contributed by atoms with van der Waals surface area (Å²) in [6.07, 6.45) is 0.996. The van der Waals surface area contributed by atoms with Crippen molar-refractivity contribution in [2.24, 2.45) is 0 Å². The van der Waals surface area contributed by atoms with Crippen LogP contribution in [0.3, 0.4) is 0 Å². The van der Waals surface area contributed by atoms with Crippen molar-refractivity contribution < 1.29 is 17.9 Å². The fourth-order valence-electron chi connectivity index (χ4n) is 1.79. The van der Waals surface area contributed by atoms with E-state index in [0.29, 0.717) is 12.5 Å². The molecule has 1 heterocycles. The van der Waals surface area contributed by atoms with Gasteiger partial charge in [-0.15, -0.1) is 0 Å². The highest BCUT2D eigenvalue weighted by Gasteiger charge is 2.27. The van der Waals surface area contributed by atoms with E-state index >= 15 is 0 Å². The van der Waals surface area contributed by atoms with Crippen LogP contribution >= 0.6 is 0 Å². The summed E-state index contributed by atoms with van der Waals surface area (Å²) in [5.74, 6) is 0. The highest BCUT2D eigenvalue weighted by molar-refractivity contribution is 4.71. The summed E-state index contributed by atoms with van der Waals surface area (Å²) in [7, 11) is 0. The monoisotopic (exact) mass is 225 g/mol. The number of ether oxygens (including phenoxy) is 1. The first-order valence-corrected chi connectivity index (χ1v) is 5.46. The molecule has 1 N–H and O–H groups in total. The lowest BCUT2D eigenvalue weighted by Crippen LogP contribution is -2.34. The largest absolute Gasteiger partial charge is 0.411 e. The van der Waals surface area contributed by atoms with Gasteiger partial charge in [-0.3, -0.25) is 0 Å². The van der Waals surface area contributed by atoms with E-state index in [1.54, 1.807) is 0 Å². The van der Waals surface area contributed by atoms with Crippen LogP contribution < -0.4 is 5.32 Å². The predicted molar refractivity (Wildman–Crippen MR) is 51.7 cm³/mol. The highest BCUT2D eigenvalue weighted by Crippen LogP contribution is 2.15. The Morgan fingerprint density at radius 1 is 1.27 bits per heavy atom. The van der Waals surface area contributed by atoms with Crippen LogP contribution in [-0.4, -0.2) is 32.0 Å². The van der Waals surface area contributed by atoms with Crippen LogP contribution in [0.1, 0.15) is 32.1 Å². The van der Waals surface area contributed by atoms with Gasteiger partial charge in [-0.2, -0.15) is 13.2 Å². The van der Waals surface area contributed by atoms with E-state index < -0.39 is 12.8 Å². The molecule has 5 heteroatoms. The summed E-state index contributed by atoms with van der Waals surface area (Å²) >= 11 is 0.